The van der Waals surface area contributed by atoms with E-state index in [2.05, 4.69) is 33.8 Å². The highest BCUT2D eigenvalue weighted by molar-refractivity contribution is 5.48. The lowest BCUT2D eigenvalue weighted by atomic mass is 9.85. The van der Waals surface area contributed by atoms with Crippen molar-refractivity contribution in [3.63, 3.8) is 0 Å². The lowest BCUT2D eigenvalue weighted by molar-refractivity contribution is 0.454. The number of hydrogen-bond donors (Lipinski definition) is 1. The van der Waals surface area contributed by atoms with Crippen LogP contribution in [-0.2, 0) is 0 Å². The van der Waals surface area contributed by atoms with E-state index in [1.807, 2.05) is 13.0 Å². The number of hydrogen-bond acceptors (Lipinski definition) is 1. The van der Waals surface area contributed by atoms with E-state index in [1.165, 1.54) is 5.56 Å². The molecule has 0 saturated carbocycles. The van der Waals surface area contributed by atoms with Crippen LogP contribution in [0.5, 0.6) is 5.75 Å². The molecule has 0 fully saturated rings. The van der Waals surface area contributed by atoms with E-state index in [1.54, 1.807) is 0 Å². The van der Waals surface area contributed by atoms with Crippen molar-refractivity contribution in [1.29, 1.82) is 0 Å². The molecular weight excluding hydrogens is 196 g/mol. The van der Waals surface area contributed by atoms with E-state index in [-0.39, 0.29) is 0 Å². The number of rotatable bonds is 4. The summed E-state index contributed by atoms with van der Waals surface area (Å²) in [5, 5.41) is 10.2. The molecule has 0 heterocycles. The van der Waals surface area contributed by atoms with Gasteiger partial charge in [0.1, 0.15) is 5.75 Å². The Hall–Kier alpha value is -0.980. The van der Waals surface area contributed by atoms with Gasteiger partial charge in [0.2, 0.25) is 0 Å². The molecule has 2 atom stereocenters. The Morgan fingerprint density at radius 2 is 1.62 bits per heavy atom. The van der Waals surface area contributed by atoms with Gasteiger partial charge in [-0.1, -0.05) is 39.8 Å². The van der Waals surface area contributed by atoms with Gasteiger partial charge in [-0.2, -0.15) is 0 Å². The zero-order valence-corrected chi connectivity index (χ0v) is 11.2. The molecule has 1 aromatic rings. The van der Waals surface area contributed by atoms with Crippen molar-refractivity contribution in [1.82, 2.24) is 0 Å². The Kier molecular flexibility index (Phi) is 4.40. The average molecular weight is 220 g/mol. The second-order valence-corrected chi connectivity index (χ2v) is 4.85. The summed E-state index contributed by atoms with van der Waals surface area (Å²) in [5.74, 6) is 1.46. The van der Waals surface area contributed by atoms with Crippen molar-refractivity contribution in [3.8, 4) is 5.75 Å². The van der Waals surface area contributed by atoms with Crippen LogP contribution in [0.15, 0.2) is 12.1 Å². The first-order valence-corrected chi connectivity index (χ1v) is 6.35. The zero-order valence-electron chi connectivity index (χ0n) is 11.2. The molecule has 1 aromatic carbocycles. The second-order valence-electron chi connectivity index (χ2n) is 4.85. The first kappa shape index (κ1) is 13.1. The normalized spacial score (nSPS) is 14.8. The third kappa shape index (κ3) is 2.40. The fourth-order valence-corrected chi connectivity index (χ4v) is 2.10. The van der Waals surface area contributed by atoms with Gasteiger partial charge in [-0.3, -0.25) is 0 Å². The third-order valence-corrected chi connectivity index (χ3v) is 3.70. The summed E-state index contributed by atoms with van der Waals surface area (Å²) in [6.07, 6.45) is 2.19. The van der Waals surface area contributed by atoms with E-state index in [0.29, 0.717) is 17.6 Å². The highest BCUT2D eigenvalue weighted by atomic mass is 16.3. The highest BCUT2D eigenvalue weighted by Gasteiger charge is 2.18. The Morgan fingerprint density at radius 1 is 1.06 bits per heavy atom. The molecule has 2 unspecified atom stereocenters. The SMILES string of the molecule is CCC(C)c1ccc(C)c(O)c1C(C)CC. The number of phenolic OH excluding ortho intramolecular Hbond substituents is 1. The summed E-state index contributed by atoms with van der Waals surface area (Å²) in [5.41, 5.74) is 3.47. The maximum absolute atomic E-state index is 10.2. The van der Waals surface area contributed by atoms with Crippen LogP contribution >= 0.6 is 0 Å². The average Bonchev–Trinajstić information content (AvgIpc) is 2.30. The standard InChI is InChI=1S/C15H24O/c1-6-10(3)13-9-8-12(5)15(16)14(13)11(4)7-2/h8-11,16H,6-7H2,1-5H3. The van der Waals surface area contributed by atoms with E-state index in [0.717, 1.165) is 24.0 Å². The molecule has 0 aliphatic heterocycles. The van der Waals surface area contributed by atoms with Crippen LogP contribution in [0, 0.1) is 6.92 Å². The molecule has 0 aromatic heterocycles. The molecule has 0 spiro atoms. The summed E-state index contributed by atoms with van der Waals surface area (Å²) in [6.45, 7) is 10.8. The molecule has 0 radical (unpaired) electrons. The Labute approximate surface area is 99.5 Å². The number of aromatic hydroxyl groups is 1. The minimum absolute atomic E-state index is 0.434. The minimum Gasteiger partial charge on any atom is -0.507 e. The second kappa shape index (κ2) is 5.38. The maximum atomic E-state index is 10.2. The van der Waals surface area contributed by atoms with Crippen LogP contribution in [0.1, 0.15) is 69.1 Å². The monoisotopic (exact) mass is 220 g/mol. The molecule has 1 rings (SSSR count). The number of benzene rings is 1. The summed E-state index contributed by atoms with van der Waals surface area (Å²) in [6, 6.07) is 4.22. The molecular formula is C15H24O. The summed E-state index contributed by atoms with van der Waals surface area (Å²) < 4.78 is 0. The third-order valence-electron chi connectivity index (χ3n) is 3.70. The van der Waals surface area contributed by atoms with Gasteiger partial charge in [-0.05, 0) is 42.7 Å². The predicted molar refractivity (Wildman–Crippen MR) is 70.3 cm³/mol. The maximum Gasteiger partial charge on any atom is 0.122 e. The van der Waals surface area contributed by atoms with Crippen molar-refractivity contribution in [2.75, 3.05) is 0 Å². The van der Waals surface area contributed by atoms with Crippen molar-refractivity contribution in [2.24, 2.45) is 0 Å². The summed E-state index contributed by atoms with van der Waals surface area (Å²) >= 11 is 0. The molecule has 0 saturated heterocycles. The van der Waals surface area contributed by atoms with Crippen molar-refractivity contribution in [2.45, 2.75) is 59.3 Å². The van der Waals surface area contributed by atoms with Gasteiger partial charge in [-0.25, -0.2) is 0 Å². The van der Waals surface area contributed by atoms with Gasteiger partial charge in [0.05, 0.1) is 0 Å². The molecule has 0 aliphatic rings. The Morgan fingerprint density at radius 3 is 2.12 bits per heavy atom. The Bertz CT molecular complexity index is 355. The van der Waals surface area contributed by atoms with Crippen molar-refractivity contribution in [3.05, 3.63) is 28.8 Å². The predicted octanol–water partition coefficient (Wildman–Crippen LogP) is 4.73. The number of aryl methyl sites for hydroxylation is 1. The van der Waals surface area contributed by atoms with Gasteiger partial charge in [0.15, 0.2) is 0 Å². The quantitative estimate of drug-likeness (QED) is 0.778. The smallest absolute Gasteiger partial charge is 0.122 e. The first-order valence-electron chi connectivity index (χ1n) is 6.35. The molecule has 1 N–H and O–H groups in total. The summed E-state index contributed by atoms with van der Waals surface area (Å²) in [4.78, 5) is 0. The van der Waals surface area contributed by atoms with Crippen LogP contribution in [0.3, 0.4) is 0 Å². The van der Waals surface area contributed by atoms with E-state index in [9.17, 15) is 5.11 Å². The largest absolute Gasteiger partial charge is 0.507 e. The zero-order chi connectivity index (χ0) is 12.3. The fraction of sp³-hybridized carbons (Fsp3) is 0.600. The molecule has 16 heavy (non-hydrogen) atoms. The first-order chi connectivity index (χ1) is 7.52. The molecule has 1 nitrogen and oxygen atoms in total. The Balaban J connectivity index is 3.32. The fourth-order valence-electron chi connectivity index (χ4n) is 2.10. The van der Waals surface area contributed by atoms with Crippen molar-refractivity contribution < 1.29 is 5.11 Å². The molecule has 0 bridgehead atoms. The molecule has 0 amide bonds. The topological polar surface area (TPSA) is 20.2 Å². The van der Waals surface area contributed by atoms with Gasteiger partial charge >= 0.3 is 0 Å². The van der Waals surface area contributed by atoms with Crippen molar-refractivity contribution >= 4 is 0 Å². The van der Waals surface area contributed by atoms with Crippen LogP contribution in [-0.4, -0.2) is 5.11 Å². The van der Waals surface area contributed by atoms with Gasteiger partial charge < -0.3 is 5.11 Å². The minimum atomic E-state index is 0.434. The van der Waals surface area contributed by atoms with E-state index >= 15 is 0 Å². The van der Waals surface area contributed by atoms with Crippen LogP contribution < -0.4 is 0 Å². The van der Waals surface area contributed by atoms with Gasteiger partial charge in [0, 0.05) is 5.56 Å². The van der Waals surface area contributed by atoms with E-state index in [4.69, 9.17) is 0 Å². The van der Waals surface area contributed by atoms with Gasteiger partial charge in [-0.15, -0.1) is 0 Å². The summed E-state index contributed by atoms with van der Waals surface area (Å²) in [7, 11) is 0. The molecule has 0 aliphatic carbocycles. The lowest BCUT2D eigenvalue weighted by Crippen LogP contribution is -2.03. The van der Waals surface area contributed by atoms with Crippen LogP contribution in [0.25, 0.3) is 0 Å². The number of phenols is 1. The molecule has 90 valence electrons. The molecule has 1 heteroatoms. The van der Waals surface area contributed by atoms with Crippen LogP contribution in [0.2, 0.25) is 0 Å². The lowest BCUT2D eigenvalue weighted by Gasteiger charge is -2.21. The van der Waals surface area contributed by atoms with Crippen LogP contribution in [0.4, 0.5) is 0 Å². The highest BCUT2D eigenvalue weighted by Crippen LogP contribution is 2.37. The van der Waals surface area contributed by atoms with E-state index < -0.39 is 0 Å². The van der Waals surface area contributed by atoms with Gasteiger partial charge in [0.25, 0.3) is 0 Å².